The summed E-state index contributed by atoms with van der Waals surface area (Å²) < 4.78 is 35.5. The third-order valence-corrected chi connectivity index (χ3v) is 2.82. The van der Waals surface area contributed by atoms with Crippen LogP contribution in [0.3, 0.4) is 0 Å². The van der Waals surface area contributed by atoms with Crippen LogP contribution in [0.25, 0.3) is 0 Å². The van der Waals surface area contributed by atoms with E-state index in [1.807, 2.05) is 0 Å². The number of nitrogens with zero attached hydrogens (tertiary/aromatic N) is 1. The smallest absolute Gasteiger partial charge is 0.279 e. The van der Waals surface area contributed by atoms with E-state index in [1.54, 1.807) is 31.4 Å². The lowest BCUT2D eigenvalue weighted by atomic mass is 10.3. The van der Waals surface area contributed by atoms with Gasteiger partial charge in [0.15, 0.2) is 5.76 Å². The van der Waals surface area contributed by atoms with E-state index in [0.29, 0.717) is 11.5 Å². The number of ether oxygens (including phenoxy) is 2. The molecule has 1 heterocycles. The molecule has 6 heteroatoms. The van der Waals surface area contributed by atoms with Crippen LogP contribution >= 0.6 is 0 Å². The van der Waals surface area contributed by atoms with Crippen molar-refractivity contribution >= 4 is 16.2 Å². The lowest BCUT2D eigenvalue weighted by Gasteiger charge is -2.04. The largest absolute Gasteiger partial charge is 0.497 e. The standard InChI is InChI=1S/C10H9NO4S/c1-14-8-2-4-9(5-3-8)15-10-6-11-16(12,13)7-10/h2-7H,1H3. The minimum atomic E-state index is -3.47. The van der Waals surface area contributed by atoms with Crippen LogP contribution in [0.15, 0.2) is 39.8 Å². The number of methoxy groups -OCH3 is 1. The molecule has 0 radical (unpaired) electrons. The maximum atomic E-state index is 11.0. The zero-order valence-electron chi connectivity index (χ0n) is 8.45. The normalized spacial score (nSPS) is 16.9. The molecule has 0 saturated heterocycles. The highest BCUT2D eigenvalue weighted by Gasteiger charge is 2.14. The molecular weight excluding hydrogens is 230 g/mol. The second kappa shape index (κ2) is 3.97. The molecule has 0 saturated carbocycles. The number of hydrogen-bond acceptors (Lipinski definition) is 4. The molecule has 1 aliphatic heterocycles. The first kappa shape index (κ1) is 10.7. The predicted octanol–water partition coefficient (Wildman–Crippen LogP) is 1.33. The number of hydrogen-bond donors (Lipinski definition) is 0. The average Bonchev–Trinajstić information content (AvgIpc) is 2.59. The van der Waals surface area contributed by atoms with Crippen molar-refractivity contribution in [2.24, 2.45) is 4.40 Å². The van der Waals surface area contributed by atoms with Gasteiger partial charge in [-0.2, -0.15) is 12.8 Å². The van der Waals surface area contributed by atoms with Crippen LogP contribution in [0, 0.1) is 0 Å². The summed E-state index contributed by atoms with van der Waals surface area (Å²) in [4.78, 5) is 0. The summed E-state index contributed by atoms with van der Waals surface area (Å²) in [5.74, 6) is 1.43. The molecule has 0 atom stereocenters. The molecule has 84 valence electrons. The van der Waals surface area contributed by atoms with Crippen molar-refractivity contribution in [2.75, 3.05) is 7.11 Å². The van der Waals surface area contributed by atoms with Crippen LogP contribution in [0.1, 0.15) is 0 Å². The summed E-state index contributed by atoms with van der Waals surface area (Å²) >= 11 is 0. The fourth-order valence-corrected chi connectivity index (χ4v) is 1.88. The van der Waals surface area contributed by atoms with Crippen molar-refractivity contribution < 1.29 is 17.9 Å². The highest BCUT2D eigenvalue weighted by atomic mass is 32.2. The van der Waals surface area contributed by atoms with E-state index >= 15 is 0 Å². The van der Waals surface area contributed by atoms with E-state index in [-0.39, 0.29) is 5.76 Å². The van der Waals surface area contributed by atoms with E-state index in [9.17, 15) is 8.42 Å². The van der Waals surface area contributed by atoms with E-state index < -0.39 is 10.0 Å². The van der Waals surface area contributed by atoms with Crippen LogP contribution in [0.5, 0.6) is 11.5 Å². The van der Waals surface area contributed by atoms with Gasteiger partial charge in [-0.1, -0.05) is 0 Å². The van der Waals surface area contributed by atoms with E-state index in [4.69, 9.17) is 9.47 Å². The van der Waals surface area contributed by atoms with Gasteiger partial charge in [0.2, 0.25) is 0 Å². The molecule has 0 aliphatic carbocycles. The Morgan fingerprint density at radius 2 is 1.75 bits per heavy atom. The average molecular weight is 239 g/mol. The Kier molecular flexibility index (Phi) is 2.66. The van der Waals surface area contributed by atoms with Crippen molar-refractivity contribution in [1.82, 2.24) is 0 Å². The Balaban J connectivity index is 2.14. The van der Waals surface area contributed by atoms with E-state index in [1.165, 1.54) is 6.21 Å². The second-order valence-electron chi connectivity index (χ2n) is 3.05. The maximum absolute atomic E-state index is 11.0. The lowest BCUT2D eigenvalue weighted by Crippen LogP contribution is -1.94. The Labute approximate surface area is 93.1 Å². The van der Waals surface area contributed by atoms with E-state index in [2.05, 4.69) is 4.40 Å². The third kappa shape index (κ3) is 2.40. The van der Waals surface area contributed by atoms with Crippen LogP contribution in [0.2, 0.25) is 0 Å². The molecule has 5 nitrogen and oxygen atoms in total. The molecule has 2 rings (SSSR count). The zero-order valence-corrected chi connectivity index (χ0v) is 9.27. The molecule has 16 heavy (non-hydrogen) atoms. The number of benzene rings is 1. The lowest BCUT2D eigenvalue weighted by molar-refractivity contribution is 0.412. The molecular formula is C10H9NO4S. The molecule has 1 aromatic rings. The summed E-state index contributed by atoms with van der Waals surface area (Å²) in [6.07, 6.45) is 1.17. The topological polar surface area (TPSA) is 65.0 Å². The molecule has 0 aromatic heterocycles. The Morgan fingerprint density at radius 3 is 2.25 bits per heavy atom. The number of sulfonamides is 1. The number of rotatable bonds is 3. The summed E-state index contributed by atoms with van der Waals surface area (Å²) in [6.45, 7) is 0. The summed E-state index contributed by atoms with van der Waals surface area (Å²) in [7, 11) is -1.91. The van der Waals surface area contributed by atoms with Crippen molar-refractivity contribution in [2.45, 2.75) is 0 Å². The van der Waals surface area contributed by atoms with Gasteiger partial charge in [0.25, 0.3) is 10.0 Å². The quantitative estimate of drug-likeness (QED) is 0.798. The molecule has 0 spiro atoms. The maximum Gasteiger partial charge on any atom is 0.279 e. The van der Waals surface area contributed by atoms with Gasteiger partial charge < -0.3 is 9.47 Å². The summed E-state index contributed by atoms with van der Waals surface area (Å²) in [5, 5.41) is 0.969. The molecule has 0 bridgehead atoms. The zero-order chi connectivity index (χ0) is 11.6. The van der Waals surface area contributed by atoms with E-state index in [0.717, 1.165) is 5.41 Å². The monoisotopic (exact) mass is 239 g/mol. The van der Waals surface area contributed by atoms with Gasteiger partial charge in [-0.3, -0.25) is 0 Å². The van der Waals surface area contributed by atoms with Gasteiger partial charge in [-0.15, -0.1) is 0 Å². The van der Waals surface area contributed by atoms with Crippen LogP contribution in [0.4, 0.5) is 0 Å². The Hall–Kier alpha value is -1.82. The van der Waals surface area contributed by atoms with Crippen molar-refractivity contribution in [3.8, 4) is 11.5 Å². The summed E-state index contributed by atoms with van der Waals surface area (Å²) in [5.41, 5.74) is 0. The van der Waals surface area contributed by atoms with Crippen molar-refractivity contribution in [3.05, 3.63) is 35.4 Å². The Morgan fingerprint density at radius 1 is 1.12 bits per heavy atom. The van der Waals surface area contributed by atoms with Gasteiger partial charge in [-0.05, 0) is 24.3 Å². The van der Waals surface area contributed by atoms with Crippen molar-refractivity contribution in [3.63, 3.8) is 0 Å². The molecule has 0 N–H and O–H groups in total. The predicted molar refractivity (Wildman–Crippen MR) is 59.1 cm³/mol. The molecule has 1 aromatic carbocycles. The Bertz CT molecular complexity index is 543. The fourth-order valence-electron chi connectivity index (χ4n) is 1.16. The van der Waals surface area contributed by atoms with Gasteiger partial charge >= 0.3 is 0 Å². The molecule has 0 unspecified atom stereocenters. The molecule has 0 amide bonds. The second-order valence-corrected chi connectivity index (χ2v) is 4.52. The molecule has 1 aliphatic rings. The summed E-state index contributed by atoms with van der Waals surface area (Å²) in [6, 6.07) is 6.80. The van der Waals surface area contributed by atoms with Gasteiger partial charge in [-0.25, -0.2) is 0 Å². The van der Waals surface area contributed by atoms with Gasteiger partial charge in [0.05, 0.1) is 18.7 Å². The van der Waals surface area contributed by atoms with Crippen molar-refractivity contribution in [1.29, 1.82) is 0 Å². The third-order valence-electron chi connectivity index (χ3n) is 1.89. The van der Waals surface area contributed by atoms with Gasteiger partial charge in [0, 0.05) is 0 Å². The first-order chi connectivity index (χ1) is 7.59. The minimum absolute atomic E-state index is 0.199. The number of allylic oxidation sites excluding steroid dienone is 1. The fraction of sp³-hybridized carbons (Fsp3) is 0.100. The first-order valence-corrected chi connectivity index (χ1v) is 5.93. The van der Waals surface area contributed by atoms with Crippen LogP contribution in [-0.4, -0.2) is 21.7 Å². The first-order valence-electron chi connectivity index (χ1n) is 4.43. The minimum Gasteiger partial charge on any atom is -0.497 e. The molecule has 0 fully saturated rings. The van der Waals surface area contributed by atoms with Crippen LogP contribution < -0.4 is 9.47 Å². The SMILES string of the molecule is COc1ccc(OC2=CS(=O)(=O)N=C2)cc1. The highest BCUT2D eigenvalue weighted by Crippen LogP contribution is 2.20. The van der Waals surface area contributed by atoms with Crippen LogP contribution in [-0.2, 0) is 10.0 Å². The van der Waals surface area contributed by atoms with Gasteiger partial charge in [0.1, 0.15) is 11.5 Å². The highest BCUT2D eigenvalue weighted by molar-refractivity contribution is 7.93.